The summed E-state index contributed by atoms with van der Waals surface area (Å²) in [6.45, 7) is 1.93. The van der Waals surface area contributed by atoms with Crippen LogP contribution in [0, 0.1) is 0 Å². The van der Waals surface area contributed by atoms with E-state index in [0.29, 0.717) is 5.56 Å². The Bertz CT molecular complexity index is 1070. The summed E-state index contributed by atoms with van der Waals surface area (Å²) >= 11 is 0. The van der Waals surface area contributed by atoms with Gasteiger partial charge in [-0.3, -0.25) is 29.4 Å². The number of imide groups is 2. The van der Waals surface area contributed by atoms with E-state index in [1.165, 1.54) is 0 Å². The SMILES string of the molecule is O=C1CCC(N2C(=O)c3cccc(CNn4cnnc4C4CNC4)c3C2=O)C(=O)N1. The van der Waals surface area contributed by atoms with Gasteiger partial charge in [0.25, 0.3) is 11.8 Å². The Balaban J connectivity index is 1.39. The largest absolute Gasteiger partial charge is 0.319 e. The van der Waals surface area contributed by atoms with Crippen molar-refractivity contribution in [1.29, 1.82) is 0 Å². The van der Waals surface area contributed by atoms with Crippen LogP contribution in [-0.2, 0) is 16.1 Å². The molecule has 4 amide bonds. The van der Waals surface area contributed by atoms with Gasteiger partial charge in [-0.1, -0.05) is 12.1 Å². The van der Waals surface area contributed by atoms with E-state index in [9.17, 15) is 19.2 Å². The number of benzene rings is 1. The fraction of sp³-hybridized carbons (Fsp3) is 0.368. The topological polar surface area (TPSA) is 138 Å². The van der Waals surface area contributed by atoms with Gasteiger partial charge in [-0.05, 0) is 18.1 Å². The normalized spacial score (nSPS) is 21.5. The Labute approximate surface area is 170 Å². The molecule has 3 N–H and O–H groups in total. The van der Waals surface area contributed by atoms with Gasteiger partial charge < -0.3 is 10.7 Å². The van der Waals surface area contributed by atoms with E-state index in [2.05, 4.69) is 26.3 Å². The second-order valence-corrected chi connectivity index (χ2v) is 7.54. The Kier molecular flexibility index (Phi) is 4.31. The van der Waals surface area contributed by atoms with Crippen molar-refractivity contribution < 1.29 is 19.2 Å². The highest BCUT2D eigenvalue weighted by molar-refractivity contribution is 6.24. The average Bonchev–Trinajstić information content (AvgIpc) is 3.23. The molecule has 11 nitrogen and oxygen atoms in total. The molecule has 2 aromatic rings. The number of aromatic nitrogens is 3. The number of rotatable bonds is 5. The molecule has 1 aromatic carbocycles. The number of piperidine rings is 1. The maximum Gasteiger partial charge on any atom is 0.262 e. The molecular weight excluding hydrogens is 390 g/mol. The van der Waals surface area contributed by atoms with Gasteiger partial charge in [0, 0.05) is 25.4 Å². The summed E-state index contributed by atoms with van der Waals surface area (Å²) in [5, 5.41) is 13.5. The molecule has 2 saturated heterocycles. The Morgan fingerprint density at radius 1 is 1.13 bits per heavy atom. The highest BCUT2D eigenvalue weighted by atomic mass is 16.2. The van der Waals surface area contributed by atoms with Crippen LogP contribution in [0.3, 0.4) is 0 Å². The van der Waals surface area contributed by atoms with Crippen molar-refractivity contribution in [3.8, 4) is 0 Å². The summed E-state index contributed by atoms with van der Waals surface area (Å²) in [7, 11) is 0. The zero-order valence-electron chi connectivity index (χ0n) is 15.9. The lowest BCUT2D eigenvalue weighted by atomic mass is 10.0. The standard InChI is InChI=1S/C19H19N7O4/c27-14-5-4-13(17(28)23-14)26-18(29)12-3-1-2-10(15(12)19(26)30)8-22-25-9-21-24-16(25)11-6-20-7-11/h1-3,9,11,13,20,22H,4-8H2,(H,23,27,28). The fourth-order valence-electron chi connectivity index (χ4n) is 4.02. The number of nitrogens with one attached hydrogen (secondary N) is 3. The van der Waals surface area contributed by atoms with Gasteiger partial charge in [0.2, 0.25) is 11.8 Å². The minimum Gasteiger partial charge on any atom is -0.319 e. The molecule has 0 aliphatic carbocycles. The van der Waals surface area contributed by atoms with Crippen molar-refractivity contribution in [2.24, 2.45) is 0 Å². The van der Waals surface area contributed by atoms with Crippen LogP contribution in [0.2, 0.25) is 0 Å². The van der Waals surface area contributed by atoms with Crippen LogP contribution in [0.4, 0.5) is 0 Å². The summed E-state index contributed by atoms with van der Waals surface area (Å²) in [5.41, 5.74) is 4.36. The third-order valence-corrected chi connectivity index (χ3v) is 5.72. The lowest BCUT2D eigenvalue weighted by molar-refractivity contribution is -0.136. The van der Waals surface area contributed by atoms with E-state index in [4.69, 9.17) is 0 Å². The minimum absolute atomic E-state index is 0.0880. The molecule has 154 valence electrons. The number of hydrogen-bond acceptors (Lipinski definition) is 8. The van der Waals surface area contributed by atoms with Crippen LogP contribution >= 0.6 is 0 Å². The molecule has 1 unspecified atom stereocenters. The highest BCUT2D eigenvalue weighted by Crippen LogP contribution is 2.30. The average molecular weight is 409 g/mol. The maximum atomic E-state index is 13.1. The smallest absolute Gasteiger partial charge is 0.262 e. The van der Waals surface area contributed by atoms with Crippen molar-refractivity contribution in [2.75, 3.05) is 18.5 Å². The lowest BCUT2D eigenvalue weighted by Gasteiger charge is -2.28. The van der Waals surface area contributed by atoms with Gasteiger partial charge in [0.1, 0.15) is 12.4 Å². The number of carbonyl (C=O) groups excluding carboxylic acids is 4. The zero-order chi connectivity index (χ0) is 20.8. The van der Waals surface area contributed by atoms with Crippen LogP contribution in [0.5, 0.6) is 0 Å². The maximum absolute atomic E-state index is 13.1. The van der Waals surface area contributed by atoms with Crippen LogP contribution in [0.15, 0.2) is 24.5 Å². The molecule has 1 atom stereocenters. The zero-order valence-corrected chi connectivity index (χ0v) is 15.9. The van der Waals surface area contributed by atoms with E-state index in [-0.39, 0.29) is 36.4 Å². The van der Waals surface area contributed by atoms with E-state index in [0.717, 1.165) is 23.8 Å². The minimum atomic E-state index is -0.980. The molecule has 5 rings (SSSR count). The molecule has 30 heavy (non-hydrogen) atoms. The highest BCUT2D eigenvalue weighted by Gasteiger charge is 2.45. The summed E-state index contributed by atoms with van der Waals surface area (Å²) in [6.07, 6.45) is 1.79. The quantitative estimate of drug-likeness (QED) is 0.541. The Morgan fingerprint density at radius 2 is 1.97 bits per heavy atom. The van der Waals surface area contributed by atoms with Crippen molar-refractivity contribution in [2.45, 2.75) is 31.3 Å². The van der Waals surface area contributed by atoms with Crippen LogP contribution in [-0.4, -0.2) is 62.5 Å². The van der Waals surface area contributed by atoms with Gasteiger partial charge in [0.15, 0.2) is 5.82 Å². The van der Waals surface area contributed by atoms with Crippen LogP contribution in [0.25, 0.3) is 0 Å². The van der Waals surface area contributed by atoms with Crippen molar-refractivity contribution in [3.63, 3.8) is 0 Å². The molecule has 11 heteroatoms. The van der Waals surface area contributed by atoms with Crippen LogP contribution < -0.4 is 16.1 Å². The van der Waals surface area contributed by atoms with E-state index >= 15 is 0 Å². The third kappa shape index (κ3) is 2.86. The van der Waals surface area contributed by atoms with Crippen LogP contribution in [0.1, 0.15) is 50.9 Å². The van der Waals surface area contributed by atoms with E-state index < -0.39 is 29.7 Å². The summed E-state index contributed by atoms with van der Waals surface area (Å²) in [6, 6.07) is 4.07. The van der Waals surface area contributed by atoms with Gasteiger partial charge >= 0.3 is 0 Å². The Morgan fingerprint density at radius 3 is 2.70 bits per heavy atom. The Hall–Kier alpha value is -3.60. The second kappa shape index (κ2) is 7.02. The fourth-order valence-corrected chi connectivity index (χ4v) is 4.02. The molecule has 3 aliphatic heterocycles. The first-order chi connectivity index (χ1) is 14.5. The molecule has 1 aromatic heterocycles. The second-order valence-electron chi connectivity index (χ2n) is 7.54. The summed E-state index contributed by atoms with van der Waals surface area (Å²) < 4.78 is 1.73. The first-order valence-corrected chi connectivity index (χ1v) is 9.72. The molecule has 0 spiro atoms. The van der Waals surface area contributed by atoms with Gasteiger partial charge in [-0.2, -0.15) is 0 Å². The van der Waals surface area contributed by atoms with E-state index in [1.807, 2.05) is 0 Å². The number of amides is 4. The van der Waals surface area contributed by atoms with Gasteiger partial charge in [0.05, 0.1) is 17.7 Å². The monoisotopic (exact) mass is 409 g/mol. The predicted molar refractivity (Wildman–Crippen MR) is 102 cm³/mol. The first kappa shape index (κ1) is 18.4. The number of hydrogen-bond donors (Lipinski definition) is 3. The molecule has 0 saturated carbocycles. The molecule has 3 aliphatic rings. The lowest BCUT2D eigenvalue weighted by Crippen LogP contribution is -2.54. The number of carbonyl (C=O) groups is 4. The van der Waals surface area contributed by atoms with Gasteiger partial charge in [-0.25, -0.2) is 4.68 Å². The molecule has 4 heterocycles. The summed E-state index contributed by atoms with van der Waals surface area (Å²) in [4.78, 5) is 50.6. The molecule has 2 fully saturated rings. The molecule has 0 radical (unpaired) electrons. The van der Waals surface area contributed by atoms with Crippen molar-refractivity contribution in [1.82, 2.24) is 30.4 Å². The van der Waals surface area contributed by atoms with Crippen molar-refractivity contribution in [3.05, 3.63) is 47.0 Å². The predicted octanol–water partition coefficient (Wildman–Crippen LogP) is -0.890. The summed E-state index contributed by atoms with van der Waals surface area (Å²) in [5.74, 6) is -0.986. The number of fused-ring (bicyclic) bond motifs is 1. The first-order valence-electron chi connectivity index (χ1n) is 9.72. The molecule has 0 bridgehead atoms. The van der Waals surface area contributed by atoms with Crippen molar-refractivity contribution >= 4 is 23.6 Å². The third-order valence-electron chi connectivity index (χ3n) is 5.72. The number of nitrogens with zero attached hydrogens (tertiary/aromatic N) is 4. The van der Waals surface area contributed by atoms with E-state index in [1.54, 1.807) is 29.2 Å². The van der Waals surface area contributed by atoms with Gasteiger partial charge in [-0.15, -0.1) is 10.2 Å². The molecular formula is C19H19N7O4.